The van der Waals surface area contributed by atoms with Crippen molar-refractivity contribution >= 4 is 21.8 Å². The molecule has 0 aromatic heterocycles. The molecule has 0 bridgehead atoms. The number of nitrogens with zero attached hydrogens (tertiary/aromatic N) is 1. The summed E-state index contributed by atoms with van der Waals surface area (Å²) in [7, 11) is -3.58. The molecule has 2 fully saturated rings. The maximum absolute atomic E-state index is 12.6. The Morgan fingerprint density at radius 2 is 1.72 bits per heavy atom. The third-order valence-electron chi connectivity index (χ3n) is 5.15. The van der Waals surface area contributed by atoms with Gasteiger partial charge in [-0.05, 0) is 37.0 Å². The monoisotopic (exact) mass is 364 g/mol. The zero-order chi connectivity index (χ0) is 18.2. The maximum Gasteiger partial charge on any atom is 0.240 e. The van der Waals surface area contributed by atoms with Crippen LogP contribution in [0.15, 0.2) is 23.1 Å². The molecule has 25 heavy (non-hydrogen) atoms. The van der Waals surface area contributed by atoms with Crippen molar-refractivity contribution < 1.29 is 18.0 Å². The summed E-state index contributed by atoms with van der Waals surface area (Å²) in [5.74, 6) is -0.578. The topological polar surface area (TPSA) is 83.6 Å². The summed E-state index contributed by atoms with van der Waals surface area (Å²) < 4.78 is 27.1. The van der Waals surface area contributed by atoms with Gasteiger partial charge in [-0.25, -0.2) is 13.1 Å². The van der Waals surface area contributed by atoms with Crippen molar-refractivity contribution in [2.45, 2.75) is 51.0 Å². The molecule has 0 spiro atoms. The van der Waals surface area contributed by atoms with Gasteiger partial charge in [0, 0.05) is 6.54 Å². The third kappa shape index (κ3) is 3.35. The van der Waals surface area contributed by atoms with Gasteiger partial charge in [-0.2, -0.15) is 0 Å². The van der Waals surface area contributed by atoms with Crippen LogP contribution in [0.3, 0.4) is 0 Å². The number of nitrogens with one attached hydrogen (secondary N) is 1. The van der Waals surface area contributed by atoms with Gasteiger partial charge in [-0.15, -0.1) is 0 Å². The zero-order valence-electron chi connectivity index (χ0n) is 14.6. The van der Waals surface area contributed by atoms with Crippen molar-refractivity contribution in [2.24, 2.45) is 11.8 Å². The average Bonchev–Trinajstić information content (AvgIpc) is 2.82. The van der Waals surface area contributed by atoms with E-state index in [9.17, 15) is 18.0 Å². The SMILES string of the molecule is CCNS(=O)(=O)c1cc(CN2C(=O)C3CCCCC3C2=O)ccc1C. The number of hydrogen-bond acceptors (Lipinski definition) is 4. The first-order valence-electron chi connectivity index (χ1n) is 8.79. The Bertz CT molecular complexity index is 779. The van der Waals surface area contributed by atoms with Crippen LogP contribution in [0.5, 0.6) is 0 Å². The van der Waals surface area contributed by atoms with E-state index in [0.717, 1.165) is 25.7 Å². The summed E-state index contributed by atoms with van der Waals surface area (Å²) in [4.78, 5) is 26.7. The fourth-order valence-electron chi connectivity index (χ4n) is 3.87. The number of likely N-dealkylation sites (tertiary alicyclic amines) is 1. The Morgan fingerprint density at radius 1 is 1.12 bits per heavy atom. The lowest BCUT2D eigenvalue weighted by molar-refractivity contribution is -0.140. The van der Waals surface area contributed by atoms with Gasteiger partial charge in [0.1, 0.15) is 0 Å². The second kappa shape index (κ2) is 6.88. The molecule has 1 aromatic rings. The highest BCUT2D eigenvalue weighted by molar-refractivity contribution is 7.89. The summed E-state index contributed by atoms with van der Waals surface area (Å²) >= 11 is 0. The van der Waals surface area contributed by atoms with Gasteiger partial charge in [0.05, 0.1) is 23.3 Å². The highest BCUT2D eigenvalue weighted by Crippen LogP contribution is 2.38. The molecule has 2 unspecified atom stereocenters. The maximum atomic E-state index is 12.6. The minimum atomic E-state index is -3.58. The van der Waals surface area contributed by atoms with Crippen molar-refractivity contribution in [1.82, 2.24) is 9.62 Å². The molecule has 2 aliphatic rings. The molecule has 3 rings (SSSR count). The van der Waals surface area contributed by atoms with Gasteiger partial charge in [-0.1, -0.05) is 31.9 Å². The van der Waals surface area contributed by atoms with E-state index in [1.54, 1.807) is 32.0 Å². The van der Waals surface area contributed by atoms with E-state index in [0.29, 0.717) is 17.7 Å². The number of imide groups is 1. The highest BCUT2D eigenvalue weighted by Gasteiger charge is 2.47. The Morgan fingerprint density at radius 3 is 2.28 bits per heavy atom. The number of amides is 2. The van der Waals surface area contributed by atoms with Crippen molar-refractivity contribution in [3.8, 4) is 0 Å². The fourth-order valence-corrected chi connectivity index (χ4v) is 5.20. The predicted molar refractivity (Wildman–Crippen MR) is 93.0 cm³/mol. The molecule has 1 saturated heterocycles. The van der Waals surface area contributed by atoms with E-state index in [1.807, 2.05) is 0 Å². The first-order valence-corrected chi connectivity index (χ1v) is 10.3. The fraction of sp³-hybridized carbons (Fsp3) is 0.556. The Labute approximate surface area is 148 Å². The minimum Gasteiger partial charge on any atom is -0.278 e. The van der Waals surface area contributed by atoms with E-state index in [2.05, 4.69) is 4.72 Å². The lowest BCUT2D eigenvalue weighted by atomic mass is 9.81. The van der Waals surface area contributed by atoms with Gasteiger partial charge < -0.3 is 0 Å². The van der Waals surface area contributed by atoms with Crippen molar-refractivity contribution in [3.63, 3.8) is 0 Å². The van der Waals surface area contributed by atoms with E-state index >= 15 is 0 Å². The molecular weight excluding hydrogens is 340 g/mol. The normalized spacial score (nSPS) is 23.8. The Kier molecular flexibility index (Phi) is 4.97. The van der Waals surface area contributed by atoms with E-state index in [-0.39, 0.29) is 35.1 Å². The van der Waals surface area contributed by atoms with Gasteiger partial charge in [0.15, 0.2) is 0 Å². The number of sulfonamides is 1. The molecule has 1 aliphatic carbocycles. The van der Waals surface area contributed by atoms with Crippen LogP contribution >= 0.6 is 0 Å². The Balaban J connectivity index is 1.86. The van der Waals surface area contributed by atoms with Crippen LogP contribution in [0.1, 0.15) is 43.7 Å². The highest BCUT2D eigenvalue weighted by atomic mass is 32.2. The number of carbonyl (C=O) groups is 2. The van der Waals surface area contributed by atoms with Crippen molar-refractivity contribution in [2.75, 3.05) is 6.54 Å². The molecule has 1 heterocycles. The first-order chi connectivity index (χ1) is 11.8. The van der Waals surface area contributed by atoms with Gasteiger partial charge in [0.25, 0.3) is 0 Å². The quantitative estimate of drug-likeness (QED) is 0.810. The zero-order valence-corrected chi connectivity index (χ0v) is 15.4. The summed E-state index contributed by atoms with van der Waals surface area (Å²) in [6.45, 7) is 3.90. The van der Waals surface area contributed by atoms with Crippen LogP contribution in [0.2, 0.25) is 0 Å². The number of fused-ring (bicyclic) bond motifs is 1. The van der Waals surface area contributed by atoms with E-state index in [1.165, 1.54) is 4.90 Å². The molecule has 0 radical (unpaired) electrons. The standard InChI is InChI=1S/C18H24N2O4S/c1-3-19-25(23,24)16-10-13(9-8-12(16)2)11-20-17(21)14-6-4-5-7-15(14)18(20)22/h8-10,14-15,19H,3-7,11H2,1-2H3. The van der Waals surface area contributed by atoms with E-state index in [4.69, 9.17) is 0 Å². The average molecular weight is 364 g/mol. The number of benzene rings is 1. The Hall–Kier alpha value is -1.73. The van der Waals surface area contributed by atoms with Crippen molar-refractivity contribution in [1.29, 1.82) is 0 Å². The lowest BCUT2D eigenvalue weighted by Crippen LogP contribution is -2.30. The largest absolute Gasteiger partial charge is 0.278 e. The molecule has 6 nitrogen and oxygen atoms in total. The van der Waals surface area contributed by atoms with Crippen LogP contribution in [-0.2, 0) is 26.2 Å². The van der Waals surface area contributed by atoms with Crippen LogP contribution in [-0.4, -0.2) is 31.7 Å². The minimum absolute atomic E-state index is 0.105. The van der Waals surface area contributed by atoms with Crippen LogP contribution in [0.25, 0.3) is 0 Å². The molecule has 2 amide bonds. The van der Waals surface area contributed by atoms with Gasteiger partial charge in [0.2, 0.25) is 21.8 Å². The molecule has 1 saturated carbocycles. The van der Waals surface area contributed by atoms with E-state index < -0.39 is 10.0 Å². The van der Waals surface area contributed by atoms with Crippen LogP contribution in [0.4, 0.5) is 0 Å². The van der Waals surface area contributed by atoms with Crippen LogP contribution < -0.4 is 4.72 Å². The lowest BCUT2D eigenvalue weighted by Gasteiger charge is -2.19. The molecule has 1 aliphatic heterocycles. The number of hydrogen-bond donors (Lipinski definition) is 1. The molecule has 1 N–H and O–H groups in total. The van der Waals surface area contributed by atoms with Gasteiger partial charge in [-0.3, -0.25) is 14.5 Å². The van der Waals surface area contributed by atoms with Crippen molar-refractivity contribution in [3.05, 3.63) is 29.3 Å². The smallest absolute Gasteiger partial charge is 0.240 e. The number of aryl methyl sites for hydroxylation is 1. The summed E-state index contributed by atoms with van der Waals surface area (Å²) in [5, 5.41) is 0. The second-order valence-corrected chi connectivity index (χ2v) is 8.60. The molecule has 136 valence electrons. The number of carbonyl (C=O) groups excluding carboxylic acids is 2. The molecular formula is C18H24N2O4S. The molecule has 1 aromatic carbocycles. The second-order valence-electron chi connectivity index (χ2n) is 6.86. The predicted octanol–water partition coefficient (Wildman–Crippen LogP) is 1.97. The first kappa shape index (κ1) is 18.1. The van der Waals surface area contributed by atoms with Crippen LogP contribution in [0, 0.1) is 18.8 Å². The summed E-state index contributed by atoms with van der Waals surface area (Å²) in [6.07, 6.45) is 3.53. The molecule has 7 heteroatoms. The van der Waals surface area contributed by atoms with Gasteiger partial charge >= 0.3 is 0 Å². The number of rotatable bonds is 5. The summed E-state index contributed by atoms with van der Waals surface area (Å²) in [5.41, 5.74) is 1.29. The summed E-state index contributed by atoms with van der Waals surface area (Å²) in [6, 6.07) is 5.07. The third-order valence-corrected chi connectivity index (χ3v) is 6.84. The molecule has 2 atom stereocenters.